The normalized spacial score (nSPS) is 14.8. The van der Waals surface area contributed by atoms with Gasteiger partial charge in [0.05, 0.1) is 11.1 Å². The van der Waals surface area contributed by atoms with Crippen molar-refractivity contribution in [3.8, 4) is 0 Å². The predicted molar refractivity (Wildman–Crippen MR) is 116 cm³/mol. The Hall–Kier alpha value is 0.220. The lowest BCUT2D eigenvalue weighted by atomic mass is 10.1. The Morgan fingerprint density at radius 1 is 0.875 bits per heavy atom. The van der Waals surface area contributed by atoms with Crippen LogP contribution in [0.3, 0.4) is 0 Å². The molecule has 11 heteroatoms. The molecule has 128 valence electrons. The molecule has 0 saturated carbocycles. The largest absolute Gasteiger partial charge is 0.481 e. The summed E-state index contributed by atoms with van der Waals surface area (Å²) in [7, 11) is 0. The van der Waals surface area contributed by atoms with Crippen molar-refractivity contribution in [3.05, 3.63) is 25.4 Å². The molecule has 2 rings (SSSR count). The zero-order chi connectivity index (χ0) is 18.3. The number of carboxylic acid groups (broad SMARTS) is 2. The lowest BCUT2D eigenvalue weighted by Crippen LogP contribution is -2.45. The quantitative estimate of drug-likeness (QED) is 0.206. The van der Waals surface area contributed by atoms with Crippen LogP contribution in [0.5, 0.6) is 0 Å². The van der Waals surface area contributed by atoms with Gasteiger partial charge >= 0.3 is 11.9 Å². The zero-order valence-corrected chi connectivity index (χ0v) is 20.1. The highest BCUT2D eigenvalue weighted by Gasteiger charge is 2.46. The second kappa shape index (κ2) is 7.85. The fraction of sp³-hybridized carbons (Fsp3) is 0.231. The molecule has 0 bridgehead atoms. The number of imide groups is 1. The molecule has 1 aromatic carbocycles. The van der Waals surface area contributed by atoms with Crippen molar-refractivity contribution in [3.63, 3.8) is 0 Å². The van der Waals surface area contributed by atoms with Crippen LogP contribution >= 0.6 is 90.4 Å². The minimum Gasteiger partial charge on any atom is -0.481 e. The monoisotopic (exact) mass is 781 g/mol. The van der Waals surface area contributed by atoms with Gasteiger partial charge in [-0.25, -0.2) is 4.79 Å². The first-order chi connectivity index (χ1) is 11.1. The molecule has 2 amide bonds. The molecule has 1 aromatic rings. The molecular weight excluding hydrogens is 774 g/mol. The first-order valence-corrected chi connectivity index (χ1v) is 10.6. The number of fused-ring (bicyclic) bond motifs is 1. The lowest BCUT2D eigenvalue weighted by molar-refractivity contribution is -0.142. The van der Waals surface area contributed by atoms with Crippen molar-refractivity contribution >= 4 is 114 Å². The topological polar surface area (TPSA) is 112 Å². The van der Waals surface area contributed by atoms with Crippen LogP contribution in [0, 0.1) is 14.3 Å². The van der Waals surface area contributed by atoms with Gasteiger partial charge in [0.15, 0.2) is 0 Å². The number of amides is 2. The van der Waals surface area contributed by atoms with Gasteiger partial charge in [0, 0.05) is 20.7 Å². The summed E-state index contributed by atoms with van der Waals surface area (Å²) in [5.74, 6) is -3.97. The number of aliphatic carboxylic acids is 2. The molecule has 1 aliphatic heterocycles. The van der Waals surface area contributed by atoms with Crippen LogP contribution in [0.4, 0.5) is 0 Å². The molecule has 0 radical (unpaired) electrons. The molecule has 0 aromatic heterocycles. The Morgan fingerprint density at radius 2 is 1.29 bits per heavy atom. The van der Waals surface area contributed by atoms with E-state index in [0.717, 1.165) is 7.14 Å². The van der Waals surface area contributed by atoms with Gasteiger partial charge in [-0.15, -0.1) is 0 Å². The summed E-state index contributed by atoms with van der Waals surface area (Å²) in [5.41, 5.74) is 0.382. The lowest BCUT2D eigenvalue weighted by Gasteiger charge is -2.21. The van der Waals surface area contributed by atoms with Crippen molar-refractivity contribution in [1.82, 2.24) is 4.90 Å². The number of rotatable bonds is 5. The SMILES string of the molecule is O=C(O)CCC(C(=O)O)N1C(=O)c2c(I)c(I)c(I)c(I)c2C1=O. The van der Waals surface area contributed by atoms with E-state index < -0.39 is 36.2 Å². The molecule has 1 unspecified atom stereocenters. The summed E-state index contributed by atoms with van der Waals surface area (Å²) < 4.78 is 2.82. The van der Waals surface area contributed by atoms with E-state index in [0.29, 0.717) is 12.0 Å². The van der Waals surface area contributed by atoms with Crippen molar-refractivity contribution in [1.29, 1.82) is 0 Å². The van der Waals surface area contributed by atoms with E-state index in [1.807, 2.05) is 45.2 Å². The second-order valence-electron chi connectivity index (χ2n) is 4.77. The van der Waals surface area contributed by atoms with E-state index in [2.05, 4.69) is 45.2 Å². The van der Waals surface area contributed by atoms with Crippen LogP contribution in [0.25, 0.3) is 0 Å². The highest BCUT2D eigenvalue weighted by Crippen LogP contribution is 2.38. The highest BCUT2D eigenvalue weighted by atomic mass is 127. The Balaban J connectivity index is 2.57. The number of benzene rings is 1. The number of carbonyl (C=O) groups is 4. The summed E-state index contributed by atoms with van der Waals surface area (Å²) in [6.07, 6.45) is -0.787. The first kappa shape index (κ1) is 20.5. The fourth-order valence-corrected chi connectivity index (χ4v) is 5.92. The minimum absolute atomic E-state index is 0.191. The maximum Gasteiger partial charge on any atom is 0.326 e. The molecule has 24 heavy (non-hydrogen) atoms. The third-order valence-corrected chi connectivity index (χ3v) is 10.8. The van der Waals surface area contributed by atoms with Crippen molar-refractivity contribution in [2.45, 2.75) is 18.9 Å². The van der Waals surface area contributed by atoms with Crippen LogP contribution in [-0.4, -0.2) is 44.9 Å². The minimum atomic E-state index is -1.50. The van der Waals surface area contributed by atoms with E-state index in [-0.39, 0.29) is 17.5 Å². The van der Waals surface area contributed by atoms with Gasteiger partial charge in [-0.05, 0) is 96.8 Å². The van der Waals surface area contributed by atoms with Gasteiger partial charge in [-0.1, -0.05) is 0 Å². The molecular formula is C13H7I4NO6. The molecule has 2 N–H and O–H groups in total. The molecule has 0 saturated heterocycles. The molecule has 7 nitrogen and oxygen atoms in total. The smallest absolute Gasteiger partial charge is 0.326 e. The highest BCUT2D eigenvalue weighted by molar-refractivity contribution is 14.1. The standard InChI is InChI=1S/C13H7I4NO6/c14-7-5-6(8(15)10(17)9(7)16)12(22)18(11(5)21)3(13(23)24)1-2-4(19)20/h3H,1-2H2,(H,19,20)(H,23,24). The maximum atomic E-state index is 12.7. The molecule has 1 atom stereocenters. The van der Waals surface area contributed by atoms with Crippen LogP contribution in [-0.2, 0) is 9.59 Å². The van der Waals surface area contributed by atoms with Crippen LogP contribution in [0.1, 0.15) is 33.6 Å². The van der Waals surface area contributed by atoms with E-state index in [4.69, 9.17) is 5.11 Å². The zero-order valence-electron chi connectivity index (χ0n) is 11.5. The number of nitrogens with zero attached hydrogens (tertiary/aromatic N) is 1. The average molecular weight is 781 g/mol. The van der Waals surface area contributed by atoms with Gasteiger partial charge in [-0.2, -0.15) is 0 Å². The summed E-state index contributed by atoms with van der Waals surface area (Å²) in [4.78, 5) is 48.3. The Morgan fingerprint density at radius 3 is 1.62 bits per heavy atom. The molecule has 0 spiro atoms. The number of carboxylic acids is 2. The van der Waals surface area contributed by atoms with E-state index in [1.165, 1.54) is 0 Å². The number of carbonyl (C=O) groups excluding carboxylic acids is 2. The van der Waals surface area contributed by atoms with Gasteiger partial charge in [0.1, 0.15) is 6.04 Å². The van der Waals surface area contributed by atoms with Crippen molar-refractivity contribution < 1.29 is 29.4 Å². The van der Waals surface area contributed by atoms with Gasteiger partial charge in [-0.3, -0.25) is 19.3 Å². The molecule has 0 aliphatic carbocycles. The van der Waals surface area contributed by atoms with Gasteiger partial charge in [0.2, 0.25) is 0 Å². The molecule has 1 heterocycles. The summed E-state index contributed by atoms with van der Waals surface area (Å²) in [6.45, 7) is 0. The summed E-state index contributed by atoms with van der Waals surface area (Å²) in [5, 5.41) is 18.1. The van der Waals surface area contributed by atoms with Crippen molar-refractivity contribution in [2.75, 3.05) is 0 Å². The fourth-order valence-electron chi connectivity index (χ4n) is 2.27. The van der Waals surface area contributed by atoms with Crippen LogP contribution in [0.15, 0.2) is 0 Å². The number of halogens is 4. The average Bonchev–Trinajstić information content (AvgIpc) is 2.75. The number of hydrogen-bond donors (Lipinski definition) is 2. The molecule has 0 fully saturated rings. The van der Waals surface area contributed by atoms with E-state index in [1.54, 1.807) is 0 Å². The van der Waals surface area contributed by atoms with Gasteiger partial charge in [0.25, 0.3) is 11.8 Å². The van der Waals surface area contributed by atoms with Crippen molar-refractivity contribution in [2.24, 2.45) is 0 Å². The summed E-state index contributed by atoms with van der Waals surface area (Å²) >= 11 is 8.07. The van der Waals surface area contributed by atoms with Crippen LogP contribution < -0.4 is 0 Å². The summed E-state index contributed by atoms with van der Waals surface area (Å²) in [6, 6.07) is -1.50. The Bertz CT molecular complexity index is 746. The second-order valence-corrected chi connectivity index (χ2v) is 9.09. The Labute approximate surface area is 190 Å². The van der Waals surface area contributed by atoms with E-state index in [9.17, 15) is 24.3 Å². The third-order valence-electron chi connectivity index (χ3n) is 3.36. The third kappa shape index (κ3) is 3.53. The van der Waals surface area contributed by atoms with Crippen LogP contribution in [0.2, 0.25) is 0 Å². The predicted octanol–water partition coefficient (Wildman–Crippen LogP) is 3.02. The first-order valence-electron chi connectivity index (χ1n) is 6.28. The number of hydrogen-bond acceptors (Lipinski definition) is 4. The Kier molecular flexibility index (Phi) is 6.71. The van der Waals surface area contributed by atoms with E-state index >= 15 is 0 Å². The van der Waals surface area contributed by atoms with Gasteiger partial charge < -0.3 is 10.2 Å². The maximum absolute atomic E-state index is 12.7. The molecule has 1 aliphatic rings.